The van der Waals surface area contributed by atoms with E-state index in [9.17, 15) is 19.2 Å². The van der Waals surface area contributed by atoms with E-state index in [-0.39, 0.29) is 17.7 Å². The number of anilines is 2. The van der Waals surface area contributed by atoms with Crippen LogP contribution in [0.3, 0.4) is 0 Å². The number of thiazole rings is 1. The fourth-order valence-electron chi connectivity index (χ4n) is 3.59. The van der Waals surface area contributed by atoms with Crippen molar-refractivity contribution in [1.29, 1.82) is 0 Å². The molecule has 1 saturated heterocycles. The molecule has 5 amide bonds. The minimum Gasteiger partial charge on any atom is -0.465 e. The third kappa shape index (κ3) is 11.6. The molecule has 2 aromatic rings. The van der Waals surface area contributed by atoms with Gasteiger partial charge in [0, 0.05) is 38.7 Å². The van der Waals surface area contributed by atoms with Gasteiger partial charge in [-0.3, -0.25) is 14.4 Å². The van der Waals surface area contributed by atoms with Gasteiger partial charge < -0.3 is 36.8 Å². The average Bonchev–Trinajstić information content (AvgIpc) is 3.45. The van der Waals surface area contributed by atoms with E-state index in [1.165, 1.54) is 6.92 Å². The molecule has 0 unspecified atom stereocenters. The van der Waals surface area contributed by atoms with Crippen LogP contribution in [0, 0.1) is 0 Å². The summed E-state index contributed by atoms with van der Waals surface area (Å²) in [6.45, 7) is 3.23. The standard InChI is InChI=1S/C23H28N6O5S.CH3NO2/c1-15(30)27-22-28-18(10-7-16-5-8-17(9-6-16)25-14-26-23(33)34)20(35-22)21(32)24-11-3-13-29-12-2-4-19(29)31;2-1(3)4/h5-6,8-9,14H,2-4,7,10-13H2,1H3,(H,24,32)(H,25,26)(H,33,34)(H,27,28,30);2H2,(H,3,4). The number of amides is 5. The van der Waals surface area contributed by atoms with E-state index < -0.39 is 12.2 Å². The molecule has 0 saturated carbocycles. The highest BCUT2D eigenvalue weighted by molar-refractivity contribution is 7.17. The first kappa shape index (κ1) is 30.7. The van der Waals surface area contributed by atoms with Crippen LogP contribution in [0.25, 0.3) is 0 Å². The van der Waals surface area contributed by atoms with Crippen molar-refractivity contribution in [3.05, 3.63) is 40.4 Å². The number of aromatic nitrogens is 1. The Balaban J connectivity index is 0.00000124. The number of carbonyl (C=O) groups is 5. The van der Waals surface area contributed by atoms with Gasteiger partial charge in [0.15, 0.2) is 5.13 Å². The van der Waals surface area contributed by atoms with Crippen LogP contribution in [0.1, 0.15) is 47.1 Å². The smallest absolute Gasteiger partial charge is 0.432 e. The van der Waals surface area contributed by atoms with Crippen molar-refractivity contribution in [2.45, 2.75) is 39.0 Å². The fraction of sp³-hybridized carbons (Fsp3) is 0.375. The lowest BCUT2D eigenvalue weighted by Crippen LogP contribution is -2.30. The topological polar surface area (TPSA) is 216 Å². The second kappa shape index (κ2) is 15.7. The van der Waals surface area contributed by atoms with E-state index in [4.69, 9.17) is 15.0 Å². The Kier molecular flexibility index (Phi) is 12.3. The van der Waals surface area contributed by atoms with Gasteiger partial charge >= 0.3 is 12.2 Å². The van der Waals surface area contributed by atoms with Crippen LogP contribution in [-0.4, -0.2) is 76.0 Å². The summed E-state index contributed by atoms with van der Waals surface area (Å²) in [5, 5.41) is 24.4. The van der Waals surface area contributed by atoms with Crippen molar-refractivity contribution in [3.8, 4) is 0 Å². The van der Waals surface area contributed by atoms with Crippen LogP contribution in [-0.2, 0) is 22.4 Å². The number of nitrogens with one attached hydrogen (secondary N) is 3. The highest BCUT2D eigenvalue weighted by Crippen LogP contribution is 2.25. The molecule has 0 radical (unpaired) electrons. The second-order valence-electron chi connectivity index (χ2n) is 8.29. The lowest BCUT2D eigenvalue weighted by atomic mass is 10.1. The maximum Gasteiger partial charge on any atom is 0.432 e. The number of hydrogen-bond acceptors (Lipinski definition) is 7. The number of carboxylic acid groups (broad SMARTS) is 2. The number of benzene rings is 1. The largest absolute Gasteiger partial charge is 0.465 e. The van der Waals surface area contributed by atoms with E-state index in [0.717, 1.165) is 36.2 Å². The third-order valence-corrected chi connectivity index (χ3v) is 6.27. The Morgan fingerprint density at radius 2 is 1.87 bits per heavy atom. The van der Waals surface area contributed by atoms with Crippen LogP contribution in [0.4, 0.5) is 20.4 Å². The molecule has 15 heteroatoms. The Morgan fingerprint density at radius 3 is 2.46 bits per heavy atom. The number of likely N-dealkylation sites (tertiary alicyclic amines) is 1. The number of nitrogens with zero attached hydrogens (tertiary/aromatic N) is 3. The molecule has 210 valence electrons. The molecule has 39 heavy (non-hydrogen) atoms. The normalized spacial score (nSPS) is 12.5. The molecule has 1 aliphatic rings. The molecule has 0 bridgehead atoms. The first-order valence-corrected chi connectivity index (χ1v) is 12.8. The Bertz CT molecular complexity index is 1190. The van der Waals surface area contributed by atoms with Gasteiger partial charge in [-0.05, 0) is 43.4 Å². The summed E-state index contributed by atoms with van der Waals surface area (Å²) < 4.78 is 0. The van der Waals surface area contributed by atoms with Crippen LogP contribution in [0.2, 0.25) is 0 Å². The van der Waals surface area contributed by atoms with Crippen LogP contribution in [0.5, 0.6) is 0 Å². The number of nitrogens with two attached hydrogens (primary N) is 1. The van der Waals surface area contributed by atoms with E-state index in [0.29, 0.717) is 60.2 Å². The molecule has 1 aromatic heterocycles. The fourth-order valence-corrected chi connectivity index (χ4v) is 4.56. The van der Waals surface area contributed by atoms with Gasteiger partial charge in [-0.1, -0.05) is 23.5 Å². The number of rotatable bonds is 11. The van der Waals surface area contributed by atoms with Gasteiger partial charge in [-0.2, -0.15) is 4.99 Å². The maximum absolute atomic E-state index is 12.8. The van der Waals surface area contributed by atoms with E-state index >= 15 is 0 Å². The molecule has 1 aromatic carbocycles. The van der Waals surface area contributed by atoms with Crippen LogP contribution >= 0.6 is 11.3 Å². The zero-order valence-electron chi connectivity index (χ0n) is 21.3. The van der Waals surface area contributed by atoms with Gasteiger partial charge in [0.2, 0.25) is 11.8 Å². The van der Waals surface area contributed by atoms with Crippen molar-refractivity contribution in [1.82, 2.24) is 15.2 Å². The summed E-state index contributed by atoms with van der Waals surface area (Å²) in [5.41, 5.74) is 6.32. The summed E-state index contributed by atoms with van der Waals surface area (Å²) >= 11 is 1.14. The average molecular weight is 562 g/mol. The molecule has 0 aliphatic carbocycles. The van der Waals surface area contributed by atoms with Crippen molar-refractivity contribution in [3.63, 3.8) is 0 Å². The molecule has 7 N–H and O–H groups in total. The first-order chi connectivity index (χ1) is 18.5. The molecule has 3 rings (SSSR count). The van der Waals surface area contributed by atoms with Crippen molar-refractivity contribution >= 4 is 58.4 Å². The highest BCUT2D eigenvalue weighted by Gasteiger charge is 2.21. The molecule has 1 fully saturated rings. The van der Waals surface area contributed by atoms with Gasteiger partial charge in [-0.15, -0.1) is 0 Å². The number of aliphatic imine (C=N–C) groups is 1. The first-order valence-electron chi connectivity index (χ1n) is 12.0. The minimum atomic E-state index is -1.33. The summed E-state index contributed by atoms with van der Waals surface area (Å²) in [7, 11) is 0. The van der Waals surface area contributed by atoms with Crippen LogP contribution < -0.4 is 21.7 Å². The number of aryl methyl sites for hydroxylation is 2. The van der Waals surface area contributed by atoms with E-state index in [2.05, 4.69) is 31.7 Å². The SMILES string of the molecule is CC(=O)Nc1nc(CCc2ccc(NC=NC(=O)O)cc2)c(C(=O)NCCCN2CCCC2=O)s1.NC(=O)O. The van der Waals surface area contributed by atoms with Crippen LogP contribution in [0.15, 0.2) is 29.3 Å². The summed E-state index contributed by atoms with van der Waals surface area (Å²) in [6, 6.07) is 7.37. The summed E-state index contributed by atoms with van der Waals surface area (Å²) in [5.74, 6) is -0.348. The molecule has 2 heterocycles. The van der Waals surface area contributed by atoms with Crippen molar-refractivity contribution in [2.75, 3.05) is 30.3 Å². The Hall–Kier alpha value is -4.53. The van der Waals surface area contributed by atoms with E-state index in [1.807, 2.05) is 17.0 Å². The van der Waals surface area contributed by atoms with Gasteiger partial charge in [0.1, 0.15) is 4.88 Å². The Morgan fingerprint density at radius 1 is 1.18 bits per heavy atom. The summed E-state index contributed by atoms with van der Waals surface area (Å²) in [4.78, 5) is 65.1. The quantitative estimate of drug-likeness (QED) is 0.135. The third-order valence-electron chi connectivity index (χ3n) is 5.26. The second-order valence-corrected chi connectivity index (χ2v) is 9.29. The van der Waals surface area contributed by atoms with Gasteiger partial charge in [0.25, 0.3) is 5.91 Å². The maximum atomic E-state index is 12.8. The lowest BCUT2D eigenvalue weighted by molar-refractivity contribution is -0.127. The van der Waals surface area contributed by atoms with Crippen molar-refractivity contribution in [2.24, 2.45) is 10.7 Å². The zero-order valence-corrected chi connectivity index (χ0v) is 22.1. The predicted octanol–water partition coefficient (Wildman–Crippen LogP) is 2.37. The van der Waals surface area contributed by atoms with Gasteiger partial charge in [0.05, 0.1) is 12.0 Å². The van der Waals surface area contributed by atoms with Gasteiger partial charge in [-0.25, -0.2) is 14.6 Å². The lowest BCUT2D eigenvalue weighted by Gasteiger charge is -2.15. The molecular formula is C24H31N7O7S. The van der Waals surface area contributed by atoms with Crippen molar-refractivity contribution < 1.29 is 34.2 Å². The van der Waals surface area contributed by atoms with E-state index in [1.54, 1.807) is 12.1 Å². The number of primary amides is 1. The molecular weight excluding hydrogens is 530 g/mol. The molecule has 0 spiro atoms. The molecule has 0 atom stereocenters. The number of carbonyl (C=O) groups excluding carboxylic acids is 3. The summed E-state index contributed by atoms with van der Waals surface area (Å²) in [6.07, 6.45) is 1.75. The minimum absolute atomic E-state index is 0.165. The number of hydrogen-bond donors (Lipinski definition) is 6. The molecule has 14 nitrogen and oxygen atoms in total. The Labute approximate surface area is 228 Å². The monoisotopic (exact) mass is 561 g/mol. The molecule has 1 aliphatic heterocycles. The predicted molar refractivity (Wildman–Crippen MR) is 145 cm³/mol. The zero-order chi connectivity index (χ0) is 28.8. The highest BCUT2D eigenvalue weighted by atomic mass is 32.1.